The first kappa shape index (κ1) is 13.2. The molecule has 1 aromatic heterocycles. The lowest BCUT2D eigenvalue weighted by atomic mass is 10.1. The van der Waals surface area contributed by atoms with Crippen LogP contribution in [0.2, 0.25) is 5.02 Å². The van der Waals surface area contributed by atoms with Gasteiger partial charge < -0.3 is 9.64 Å². The Morgan fingerprint density at radius 3 is 2.76 bits per heavy atom. The third-order valence-electron chi connectivity index (χ3n) is 4.24. The van der Waals surface area contributed by atoms with Gasteiger partial charge in [0.2, 0.25) is 0 Å². The molecule has 2 aliphatic rings. The number of fused-ring (bicyclic) bond motifs is 1. The van der Waals surface area contributed by atoms with Gasteiger partial charge in [0.15, 0.2) is 0 Å². The summed E-state index contributed by atoms with van der Waals surface area (Å²) in [4.78, 5) is 13.9. The first-order valence-electron chi connectivity index (χ1n) is 7.29. The van der Waals surface area contributed by atoms with Crippen molar-refractivity contribution in [1.29, 1.82) is 0 Å². The van der Waals surface area contributed by atoms with E-state index in [1.165, 1.54) is 0 Å². The third kappa shape index (κ3) is 2.57. The van der Waals surface area contributed by atoms with Crippen molar-refractivity contribution in [3.63, 3.8) is 0 Å². The van der Waals surface area contributed by atoms with Crippen molar-refractivity contribution in [1.82, 2.24) is 14.9 Å². The van der Waals surface area contributed by atoms with E-state index < -0.39 is 0 Å². The molecule has 0 spiro atoms. The molecule has 2 fully saturated rings. The summed E-state index contributed by atoms with van der Waals surface area (Å²) in [5.74, 6) is 0.953. The molecule has 110 valence electrons. The van der Waals surface area contributed by atoms with Crippen LogP contribution in [0.1, 0.15) is 0 Å². The van der Waals surface area contributed by atoms with Crippen molar-refractivity contribution < 1.29 is 4.74 Å². The minimum absolute atomic E-state index is 0.622. The molecule has 6 heteroatoms. The standard InChI is InChI=1S/C15H17ClN4O/c16-11-1-2-13-14(7-11)17-8-15(18-13)20-9-12(10-20)19-3-5-21-6-4-19/h1-2,7-8,12H,3-6,9-10H2. The molecule has 4 rings (SSSR count). The Labute approximate surface area is 128 Å². The van der Waals surface area contributed by atoms with Crippen molar-refractivity contribution in [2.75, 3.05) is 44.3 Å². The van der Waals surface area contributed by atoms with Crippen LogP contribution >= 0.6 is 11.6 Å². The summed E-state index contributed by atoms with van der Waals surface area (Å²) in [5.41, 5.74) is 1.74. The van der Waals surface area contributed by atoms with E-state index in [4.69, 9.17) is 16.3 Å². The molecule has 3 heterocycles. The van der Waals surface area contributed by atoms with E-state index in [1.54, 1.807) is 0 Å². The number of nitrogens with zero attached hydrogens (tertiary/aromatic N) is 4. The highest BCUT2D eigenvalue weighted by Crippen LogP contribution is 2.24. The quantitative estimate of drug-likeness (QED) is 0.846. The Balaban J connectivity index is 1.47. The van der Waals surface area contributed by atoms with Gasteiger partial charge in [-0.3, -0.25) is 9.88 Å². The topological polar surface area (TPSA) is 41.5 Å². The van der Waals surface area contributed by atoms with Gasteiger partial charge in [-0.1, -0.05) is 11.6 Å². The van der Waals surface area contributed by atoms with Gasteiger partial charge in [0, 0.05) is 37.2 Å². The van der Waals surface area contributed by atoms with E-state index in [1.807, 2.05) is 24.4 Å². The van der Waals surface area contributed by atoms with Crippen LogP contribution in [0.5, 0.6) is 0 Å². The molecule has 2 saturated heterocycles. The van der Waals surface area contributed by atoms with Gasteiger partial charge in [-0.15, -0.1) is 0 Å². The Morgan fingerprint density at radius 2 is 1.95 bits per heavy atom. The summed E-state index contributed by atoms with van der Waals surface area (Å²) in [7, 11) is 0. The Morgan fingerprint density at radius 1 is 1.14 bits per heavy atom. The lowest BCUT2D eigenvalue weighted by molar-refractivity contribution is 0.0104. The minimum Gasteiger partial charge on any atom is -0.379 e. The molecule has 21 heavy (non-hydrogen) atoms. The van der Waals surface area contributed by atoms with Crippen molar-refractivity contribution in [3.05, 3.63) is 29.4 Å². The summed E-state index contributed by atoms with van der Waals surface area (Å²) >= 11 is 5.97. The second-order valence-electron chi connectivity index (χ2n) is 5.57. The average molecular weight is 305 g/mol. The van der Waals surface area contributed by atoms with E-state index in [0.717, 1.165) is 56.2 Å². The molecule has 5 nitrogen and oxygen atoms in total. The monoisotopic (exact) mass is 304 g/mol. The van der Waals surface area contributed by atoms with E-state index in [9.17, 15) is 0 Å². The fourth-order valence-electron chi connectivity index (χ4n) is 2.94. The average Bonchev–Trinajstić information content (AvgIpc) is 2.47. The highest BCUT2D eigenvalue weighted by Gasteiger charge is 2.33. The second-order valence-corrected chi connectivity index (χ2v) is 6.00. The fraction of sp³-hybridized carbons (Fsp3) is 0.467. The SMILES string of the molecule is Clc1ccc2nc(N3CC(N4CCOCC4)C3)cnc2c1. The van der Waals surface area contributed by atoms with E-state index in [-0.39, 0.29) is 0 Å². The summed E-state index contributed by atoms with van der Waals surface area (Å²) in [6, 6.07) is 6.25. The Kier molecular flexibility index (Phi) is 3.41. The van der Waals surface area contributed by atoms with Crippen LogP contribution < -0.4 is 4.90 Å². The molecule has 0 saturated carbocycles. The molecular weight excluding hydrogens is 288 g/mol. The van der Waals surface area contributed by atoms with Crippen molar-refractivity contribution in [2.45, 2.75) is 6.04 Å². The molecule has 0 bridgehead atoms. The number of hydrogen-bond donors (Lipinski definition) is 0. The highest BCUT2D eigenvalue weighted by atomic mass is 35.5. The number of anilines is 1. The van der Waals surface area contributed by atoms with Gasteiger partial charge in [0.05, 0.1) is 30.4 Å². The number of hydrogen-bond acceptors (Lipinski definition) is 5. The number of morpholine rings is 1. The molecule has 0 aliphatic carbocycles. The first-order chi connectivity index (χ1) is 10.3. The molecule has 0 unspecified atom stereocenters. The zero-order valence-corrected chi connectivity index (χ0v) is 12.5. The molecule has 0 atom stereocenters. The molecule has 1 aromatic carbocycles. The summed E-state index contributed by atoms with van der Waals surface area (Å²) in [6.45, 7) is 5.84. The van der Waals surface area contributed by atoms with Crippen molar-refractivity contribution in [2.24, 2.45) is 0 Å². The van der Waals surface area contributed by atoms with Crippen LogP contribution in [-0.2, 0) is 4.74 Å². The molecule has 2 aliphatic heterocycles. The summed E-state index contributed by atoms with van der Waals surface area (Å²) in [5, 5.41) is 0.695. The van der Waals surface area contributed by atoms with Gasteiger partial charge in [0.25, 0.3) is 0 Å². The maximum atomic E-state index is 5.97. The highest BCUT2D eigenvalue weighted by molar-refractivity contribution is 6.31. The zero-order chi connectivity index (χ0) is 14.2. The lowest BCUT2D eigenvalue weighted by Crippen LogP contribution is -2.61. The molecule has 0 amide bonds. The number of rotatable bonds is 2. The predicted octanol–water partition coefficient (Wildman–Crippen LogP) is 1.80. The Bertz CT molecular complexity index is 653. The fourth-order valence-corrected chi connectivity index (χ4v) is 3.11. The van der Waals surface area contributed by atoms with Gasteiger partial charge in [-0.05, 0) is 18.2 Å². The third-order valence-corrected chi connectivity index (χ3v) is 4.48. The number of ether oxygens (including phenoxy) is 1. The predicted molar refractivity (Wildman–Crippen MR) is 82.9 cm³/mol. The van der Waals surface area contributed by atoms with Crippen LogP contribution in [0.25, 0.3) is 11.0 Å². The summed E-state index contributed by atoms with van der Waals surface area (Å²) < 4.78 is 5.40. The minimum atomic E-state index is 0.622. The maximum Gasteiger partial charge on any atom is 0.147 e. The van der Waals surface area contributed by atoms with Crippen LogP contribution in [0.4, 0.5) is 5.82 Å². The first-order valence-corrected chi connectivity index (χ1v) is 7.66. The van der Waals surface area contributed by atoms with E-state index in [0.29, 0.717) is 11.1 Å². The lowest BCUT2D eigenvalue weighted by Gasteiger charge is -2.47. The zero-order valence-electron chi connectivity index (χ0n) is 11.7. The van der Waals surface area contributed by atoms with Crippen molar-refractivity contribution >= 4 is 28.5 Å². The summed E-state index contributed by atoms with van der Waals surface area (Å²) in [6.07, 6.45) is 1.84. The van der Waals surface area contributed by atoms with Crippen LogP contribution in [0.15, 0.2) is 24.4 Å². The molecule has 0 N–H and O–H groups in total. The number of halogens is 1. The molecule has 2 aromatic rings. The van der Waals surface area contributed by atoms with Crippen LogP contribution in [-0.4, -0.2) is 60.3 Å². The van der Waals surface area contributed by atoms with Gasteiger partial charge in [-0.2, -0.15) is 0 Å². The maximum absolute atomic E-state index is 5.97. The van der Waals surface area contributed by atoms with E-state index in [2.05, 4.69) is 19.8 Å². The Hall–Kier alpha value is -1.43. The normalized spacial score (nSPS) is 20.7. The van der Waals surface area contributed by atoms with Crippen molar-refractivity contribution in [3.8, 4) is 0 Å². The second kappa shape index (κ2) is 5.40. The molecule has 0 radical (unpaired) electrons. The van der Waals surface area contributed by atoms with Crippen LogP contribution in [0.3, 0.4) is 0 Å². The van der Waals surface area contributed by atoms with Gasteiger partial charge >= 0.3 is 0 Å². The van der Waals surface area contributed by atoms with Gasteiger partial charge in [0.1, 0.15) is 5.82 Å². The largest absolute Gasteiger partial charge is 0.379 e. The molecular formula is C15H17ClN4O. The smallest absolute Gasteiger partial charge is 0.147 e. The van der Waals surface area contributed by atoms with Crippen LogP contribution in [0, 0.1) is 0 Å². The van der Waals surface area contributed by atoms with E-state index >= 15 is 0 Å². The number of aromatic nitrogens is 2. The van der Waals surface area contributed by atoms with Gasteiger partial charge in [-0.25, -0.2) is 4.98 Å². The number of benzene rings is 1.